The van der Waals surface area contributed by atoms with Crippen LogP contribution in [0.2, 0.25) is 5.02 Å². The fraction of sp³-hybridized carbons (Fsp3) is 0.0968. The predicted molar refractivity (Wildman–Crippen MR) is 146 cm³/mol. The van der Waals surface area contributed by atoms with E-state index in [1.165, 1.54) is 5.56 Å². The van der Waals surface area contributed by atoms with Crippen molar-refractivity contribution in [2.45, 2.75) is 20.0 Å². The van der Waals surface area contributed by atoms with Gasteiger partial charge in [-0.1, -0.05) is 77.8 Å². The Hall–Kier alpha value is -4.35. The maximum atomic E-state index is 13.4. The average Bonchev–Trinajstić information content (AvgIpc) is 2.92. The molecule has 37 heavy (non-hydrogen) atoms. The number of carbonyl (C=O) groups excluding carboxylic acids is 2. The summed E-state index contributed by atoms with van der Waals surface area (Å²) in [6, 6.07) is 30.0. The number of anilines is 1. The molecule has 0 fully saturated rings. The lowest BCUT2D eigenvalue weighted by Crippen LogP contribution is -2.36. The number of nitrogens with one attached hydrogen (secondary N) is 1. The Kier molecular flexibility index (Phi) is 7.06. The van der Waals surface area contributed by atoms with Crippen molar-refractivity contribution in [1.29, 1.82) is 0 Å². The smallest absolute Gasteiger partial charge is 0.294 e. The van der Waals surface area contributed by atoms with E-state index in [4.69, 9.17) is 16.3 Å². The molecule has 1 aliphatic rings. The van der Waals surface area contributed by atoms with Gasteiger partial charge in [0.25, 0.3) is 11.8 Å². The molecule has 5 nitrogen and oxygen atoms in total. The molecule has 0 saturated carbocycles. The van der Waals surface area contributed by atoms with Gasteiger partial charge in [-0.25, -0.2) is 0 Å². The maximum Gasteiger partial charge on any atom is 0.294 e. The molecule has 1 N–H and O–H groups in total. The topological polar surface area (TPSA) is 58.6 Å². The van der Waals surface area contributed by atoms with Crippen molar-refractivity contribution in [3.05, 3.63) is 136 Å². The van der Waals surface area contributed by atoms with Gasteiger partial charge in [-0.15, -0.1) is 0 Å². The third-order valence-corrected chi connectivity index (χ3v) is 6.38. The minimum absolute atomic E-state index is 0.183. The van der Waals surface area contributed by atoms with Gasteiger partial charge in [0, 0.05) is 17.1 Å². The molecule has 1 aliphatic heterocycles. The number of para-hydroxylation sites is 2. The van der Waals surface area contributed by atoms with Crippen molar-refractivity contribution in [3.63, 3.8) is 0 Å². The number of hydrogen-bond donors (Lipinski definition) is 1. The number of hydrogen-bond acceptors (Lipinski definition) is 3. The van der Waals surface area contributed by atoms with Crippen molar-refractivity contribution in [2.24, 2.45) is 0 Å². The zero-order chi connectivity index (χ0) is 25.8. The van der Waals surface area contributed by atoms with E-state index in [1.807, 2.05) is 67.6 Å². The summed E-state index contributed by atoms with van der Waals surface area (Å²) in [6.45, 7) is 2.87. The van der Waals surface area contributed by atoms with Crippen LogP contribution in [0.1, 0.15) is 32.6 Å². The Bertz CT molecular complexity index is 1460. The van der Waals surface area contributed by atoms with Gasteiger partial charge in [0.05, 0.1) is 12.2 Å². The molecular weight excluding hydrogens is 484 g/mol. The zero-order valence-corrected chi connectivity index (χ0v) is 21.0. The van der Waals surface area contributed by atoms with Crippen LogP contribution in [0.3, 0.4) is 0 Å². The van der Waals surface area contributed by atoms with Crippen molar-refractivity contribution in [2.75, 3.05) is 4.90 Å². The number of benzene rings is 4. The van der Waals surface area contributed by atoms with Gasteiger partial charge in [0.2, 0.25) is 0 Å². The maximum absolute atomic E-state index is 13.4. The number of amides is 2. The van der Waals surface area contributed by atoms with Crippen molar-refractivity contribution in [3.8, 4) is 5.75 Å². The highest BCUT2D eigenvalue weighted by molar-refractivity contribution is 6.30. The van der Waals surface area contributed by atoms with Crippen LogP contribution in [0.25, 0.3) is 6.08 Å². The molecule has 6 heteroatoms. The number of aryl methyl sites for hydroxylation is 1. The first-order valence-corrected chi connectivity index (χ1v) is 12.3. The molecule has 0 unspecified atom stereocenters. The van der Waals surface area contributed by atoms with Crippen molar-refractivity contribution in [1.82, 2.24) is 5.32 Å². The van der Waals surface area contributed by atoms with E-state index in [9.17, 15) is 9.59 Å². The summed E-state index contributed by atoms with van der Waals surface area (Å²) in [5, 5.41) is 3.56. The zero-order valence-electron chi connectivity index (χ0n) is 20.3. The molecule has 1 heterocycles. The van der Waals surface area contributed by atoms with Gasteiger partial charge in [0.1, 0.15) is 0 Å². The number of carbonyl (C=O) groups is 2. The Morgan fingerprint density at radius 1 is 0.892 bits per heavy atom. The van der Waals surface area contributed by atoms with Crippen LogP contribution in [-0.4, -0.2) is 11.8 Å². The standard InChI is InChI=1S/C31H25ClN2O3/c1-21-6-8-24(9-7-21)20-34-27-4-2-3-5-28(27)37-29(31(34)36)18-22-10-14-25(15-11-22)30(35)33-19-23-12-16-26(32)17-13-23/h2-18H,19-20H2,1H3,(H,33,35)/b29-18+. The molecule has 0 aromatic heterocycles. The van der Waals surface area contributed by atoms with Crippen LogP contribution in [0.5, 0.6) is 5.75 Å². The largest absolute Gasteiger partial charge is 0.449 e. The lowest BCUT2D eigenvalue weighted by molar-refractivity contribution is -0.117. The highest BCUT2D eigenvalue weighted by Crippen LogP contribution is 2.36. The summed E-state index contributed by atoms with van der Waals surface area (Å²) in [4.78, 5) is 27.7. The summed E-state index contributed by atoms with van der Waals surface area (Å²) >= 11 is 5.91. The molecule has 184 valence electrons. The second-order valence-corrected chi connectivity index (χ2v) is 9.32. The summed E-state index contributed by atoms with van der Waals surface area (Å²) in [5.74, 6) is 0.450. The Morgan fingerprint density at radius 3 is 2.30 bits per heavy atom. The normalized spacial score (nSPS) is 13.7. The predicted octanol–water partition coefficient (Wildman–Crippen LogP) is 6.55. The van der Waals surface area contributed by atoms with E-state index in [-0.39, 0.29) is 17.6 Å². The summed E-state index contributed by atoms with van der Waals surface area (Å²) in [6.07, 6.45) is 1.70. The third-order valence-electron chi connectivity index (χ3n) is 6.13. The second kappa shape index (κ2) is 10.7. The number of rotatable bonds is 6. The molecule has 0 saturated heterocycles. The number of nitrogens with zero attached hydrogens (tertiary/aromatic N) is 1. The summed E-state index contributed by atoms with van der Waals surface area (Å²) < 4.78 is 5.99. The van der Waals surface area contributed by atoms with E-state index in [2.05, 4.69) is 5.32 Å². The van der Waals surface area contributed by atoms with Crippen LogP contribution < -0.4 is 15.0 Å². The highest BCUT2D eigenvalue weighted by atomic mass is 35.5. The van der Waals surface area contributed by atoms with Gasteiger partial charge >= 0.3 is 0 Å². The molecule has 0 bridgehead atoms. The molecule has 0 radical (unpaired) electrons. The van der Waals surface area contributed by atoms with Crippen LogP contribution in [-0.2, 0) is 17.9 Å². The Labute approximate surface area is 221 Å². The molecule has 2 amide bonds. The van der Waals surface area contributed by atoms with Crippen molar-refractivity contribution >= 4 is 35.2 Å². The van der Waals surface area contributed by atoms with E-state index in [1.54, 1.807) is 47.4 Å². The third kappa shape index (κ3) is 5.74. The Morgan fingerprint density at radius 2 is 1.57 bits per heavy atom. The first-order valence-electron chi connectivity index (χ1n) is 11.9. The molecule has 5 rings (SSSR count). The average molecular weight is 509 g/mol. The number of halogens is 1. The number of ether oxygens (including phenoxy) is 1. The van der Waals surface area contributed by atoms with Gasteiger partial charge in [-0.3, -0.25) is 14.5 Å². The lowest BCUT2D eigenvalue weighted by Gasteiger charge is -2.30. The van der Waals surface area contributed by atoms with E-state index >= 15 is 0 Å². The van der Waals surface area contributed by atoms with Crippen LogP contribution >= 0.6 is 11.6 Å². The highest BCUT2D eigenvalue weighted by Gasteiger charge is 2.30. The molecule has 0 atom stereocenters. The molecule has 0 spiro atoms. The van der Waals surface area contributed by atoms with Crippen LogP contribution in [0.4, 0.5) is 5.69 Å². The fourth-order valence-electron chi connectivity index (χ4n) is 4.06. The second-order valence-electron chi connectivity index (χ2n) is 8.89. The van der Waals surface area contributed by atoms with E-state index in [0.29, 0.717) is 29.4 Å². The van der Waals surface area contributed by atoms with E-state index < -0.39 is 0 Å². The first-order chi connectivity index (χ1) is 18.0. The summed E-state index contributed by atoms with van der Waals surface area (Å²) in [5.41, 5.74) is 5.18. The lowest BCUT2D eigenvalue weighted by atomic mass is 10.1. The number of fused-ring (bicyclic) bond motifs is 1. The molecule has 4 aromatic carbocycles. The first kappa shape index (κ1) is 24.3. The SMILES string of the molecule is Cc1ccc(CN2C(=O)/C(=C\c3ccc(C(=O)NCc4ccc(Cl)cc4)cc3)Oc3ccccc32)cc1. The quantitative estimate of drug-likeness (QED) is 0.301. The van der Waals surface area contributed by atoms with Crippen molar-refractivity contribution < 1.29 is 14.3 Å². The summed E-state index contributed by atoms with van der Waals surface area (Å²) in [7, 11) is 0. The Balaban J connectivity index is 1.32. The minimum atomic E-state index is -0.218. The van der Waals surface area contributed by atoms with E-state index in [0.717, 1.165) is 22.4 Å². The van der Waals surface area contributed by atoms with Crippen LogP contribution in [0.15, 0.2) is 103 Å². The van der Waals surface area contributed by atoms with Gasteiger partial charge in [-0.2, -0.15) is 0 Å². The molecular formula is C31H25ClN2O3. The van der Waals surface area contributed by atoms with Gasteiger partial charge in [-0.05, 0) is 66.1 Å². The van der Waals surface area contributed by atoms with Crippen LogP contribution in [0, 0.1) is 6.92 Å². The monoisotopic (exact) mass is 508 g/mol. The van der Waals surface area contributed by atoms with Gasteiger partial charge in [0.15, 0.2) is 11.5 Å². The van der Waals surface area contributed by atoms with Gasteiger partial charge < -0.3 is 10.1 Å². The fourth-order valence-corrected chi connectivity index (χ4v) is 4.19. The minimum Gasteiger partial charge on any atom is -0.449 e. The molecule has 0 aliphatic carbocycles. The molecule has 4 aromatic rings.